The first-order chi connectivity index (χ1) is 9.69. The Balaban J connectivity index is 3.00. The third-order valence-corrected chi connectivity index (χ3v) is 4.40. The fraction of sp³-hybridized carbons (Fsp3) is 0.417. The minimum absolute atomic E-state index is 0.00450. The summed E-state index contributed by atoms with van der Waals surface area (Å²) in [6.07, 6.45) is 0.713. The number of nitrogens with one attached hydrogen (secondary N) is 2. The Bertz CT molecular complexity index is 637. The molecule has 0 aliphatic heterocycles. The van der Waals surface area contributed by atoms with Crippen molar-refractivity contribution in [1.82, 2.24) is 10.0 Å². The average molecular weight is 338 g/mol. The van der Waals surface area contributed by atoms with E-state index in [1.54, 1.807) is 0 Å². The highest BCUT2D eigenvalue weighted by molar-refractivity contribution is 7.89. The lowest BCUT2D eigenvalue weighted by Gasteiger charge is -2.15. The molecular weight excluding hydrogens is 321 g/mol. The van der Waals surface area contributed by atoms with Crippen LogP contribution in [-0.4, -0.2) is 26.9 Å². The van der Waals surface area contributed by atoms with Crippen molar-refractivity contribution in [2.24, 2.45) is 0 Å². The van der Waals surface area contributed by atoms with Gasteiger partial charge in [0.05, 0.1) is 11.1 Å². The molecular formula is C12H17ClFN3O3S. The molecule has 6 nitrogen and oxygen atoms in total. The summed E-state index contributed by atoms with van der Waals surface area (Å²) in [7, 11) is -4.26. The van der Waals surface area contributed by atoms with Gasteiger partial charge in [-0.1, -0.05) is 18.5 Å². The first kappa shape index (κ1) is 17.7. The maximum absolute atomic E-state index is 13.8. The second-order valence-corrected chi connectivity index (χ2v) is 6.54. The van der Waals surface area contributed by atoms with Crippen molar-refractivity contribution < 1.29 is 17.6 Å². The second-order valence-electron chi connectivity index (χ2n) is 4.45. The number of nitrogen functional groups attached to an aromatic ring is 1. The molecule has 0 aromatic heterocycles. The average Bonchev–Trinajstić information content (AvgIpc) is 2.39. The second kappa shape index (κ2) is 7.06. The van der Waals surface area contributed by atoms with Crippen LogP contribution in [0, 0.1) is 5.82 Å². The van der Waals surface area contributed by atoms with E-state index in [1.807, 2.05) is 6.92 Å². The molecule has 118 valence electrons. The third-order valence-electron chi connectivity index (χ3n) is 2.58. The number of anilines is 1. The van der Waals surface area contributed by atoms with E-state index in [2.05, 4.69) is 10.0 Å². The number of nitrogens with two attached hydrogens (primary N) is 1. The van der Waals surface area contributed by atoms with Crippen LogP contribution in [0.1, 0.15) is 20.3 Å². The van der Waals surface area contributed by atoms with Crippen LogP contribution in [0.4, 0.5) is 10.1 Å². The van der Waals surface area contributed by atoms with Crippen LogP contribution in [0.3, 0.4) is 0 Å². The van der Waals surface area contributed by atoms with Crippen molar-refractivity contribution >= 4 is 33.2 Å². The van der Waals surface area contributed by atoms with Crippen molar-refractivity contribution in [2.75, 3.05) is 12.3 Å². The smallest absolute Gasteiger partial charge is 0.244 e. The predicted octanol–water partition coefficient (Wildman–Crippen LogP) is 1.25. The topological polar surface area (TPSA) is 101 Å². The SMILES string of the molecule is CCCNC(=O)C(C)NS(=O)(=O)c1cc(N)cc(Cl)c1F. The highest BCUT2D eigenvalue weighted by Gasteiger charge is 2.26. The molecule has 9 heteroatoms. The Labute approximate surface area is 127 Å². The van der Waals surface area contributed by atoms with E-state index in [1.165, 1.54) is 6.92 Å². The van der Waals surface area contributed by atoms with E-state index >= 15 is 0 Å². The minimum atomic E-state index is -4.26. The van der Waals surface area contributed by atoms with Gasteiger partial charge in [-0.15, -0.1) is 0 Å². The summed E-state index contributed by atoms with van der Waals surface area (Å²) in [6, 6.07) is 0.995. The predicted molar refractivity (Wildman–Crippen MR) is 78.9 cm³/mol. The summed E-state index contributed by atoms with van der Waals surface area (Å²) in [4.78, 5) is 11.0. The Morgan fingerprint density at radius 3 is 2.67 bits per heavy atom. The lowest BCUT2D eigenvalue weighted by atomic mass is 10.3. The van der Waals surface area contributed by atoms with E-state index in [0.29, 0.717) is 13.0 Å². The number of hydrogen-bond donors (Lipinski definition) is 3. The van der Waals surface area contributed by atoms with Gasteiger partial charge in [-0.3, -0.25) is 4.79 Å². The monoisotopic (exact) mass is 337 g/mol. The van der Waals surface area contributed by atoms with Gasteiger partial charge in [-0.25, -0.2) is 12.8 Å². The first-order valence-electron chi connectivity index (χ1n) is 6.23. The number of hydrogen-bond acceptors (Lipinski definition) is 4. The van der Waals surface area contributed by atoms with Crippen molar-refractivity contribution in [1.29, 1.82) is 0 Å². The van der Waals surface area contributed by atoms with Gasteiger partial charge in [-0.05, 0) is 25.5 Å². The number of sulfonamides is 1. The maximum Gasteiger partial charge on any atom is 0.244 e. The molecule has 0 radical (unpaired) electrons. The number of benzene rings is 1. The van der Waals surface area contributed by atoms with Gasteiger partial charge >= 0.3 is 0 Å². The van der Waals surface area contributed by atoms with Crippen molar-refractivity contribution in [3.8, 4) is 0 Å². The molecule has 1 aromatic carbocycles. The summed E-state index contributed by atoms with van der Waals surface area (Å²) in [5, 5.41) is 2.13. The van der Waals surface area contributed by atoms with Crippen LogP contribution < -0.4 is 15.8 Å². The first-order valence-corrected chi connectivity index (χ1v) is 8.09. The molecule has 1 rings (SSSR count). The van der Waals surface area contributed by atoms with Crippen LogP contribution in [0.15, 0.2) is 17.0 Å². The van der Waals surface area contributed by atoms with E-state index in [4.69, 9.17) is 17.3 Å². The van der Waals surface area contributed by atoms with Gasteiger partial charge in [0.25, 0.3) is 0 Å². The van der Waals surface area contributed by atoms with Crippen LogP contribution in [0.25, 0.3) is 0 Å². The zero-order valence-corrected chi connectivity index (χ0v) is 13.2. The minimum Gasteiger partial charge on any atom is -0.399 e. The van der Waals surface area contributed by atoms with Crippen molar-refractivity contribution in [3.05, 3.63) is 23.0 Å². The van der Waals surface area contributed by atoms with Crippen molar-refractivity contribution in [3.63, 3.8) is 0 Å². The molecule has 4 N–H and O–H groups in total. The number of rotatable bonds is 6. The van der Waals surface area contributed by atoms with Crippen LogP contribution in [-0.2, 0) is 14.8 Å². The number of carbonyl (C=O) groups is 1. The summed E-state index contributed by atoms with van der Waals surface area (Å²) in [6.45, 7) is 3.64. The van der Waals surface area contributed by atoms with Gasteiger partial charge in [0.1, 0.15) is 4.90 Å². The molecule has 1 atom stereocenters. The molecule has 0 aliphatic rings. The molecule has 0 bridgehead atoms. The van der Waals surface area contributed by atoms with Crippen LogP contribution in [0.2, 0.25) is 5.02 Å². The molecule has 0 saturated carbocycles. The largest absolute Gasteiger partial charge is 0.399 e. The fourth-order valence-electron chi connectivity index (χ4n) is 1.53. The summed E-state index contributed by atoms with van der Waals surface area (Å²) in [5.41, 5.74) is 5.46. The zero-order chi connectivity index (χ0) is 16.2. The molecule has 21 heavy (non-hydrogen) atoms. The number of amides is 1. The summed E-state index contributed by atoms with van der Waals surface area (Å²) >= 11 is 5.57. The molecule has 0 heterocycles. The molecule has 0 aliphatic carbocycles. The van der Waals surface area contributed by atoms with Crippen LogP contribution >= 0.6 is 11.6 Å². The maximum atomic E-state index is 13.8. The van der Waals surface area contributed by atoms with Gasteiger partial charge in [-0.2, -0.15) is 4.72 Å². The molecule has 0 saturated heterocycles. The van der Waals surface area contributed by atoms with E-state index < -0.39 is 37.7 Å². The van der Waals surface area contributed by atoms with E-state index in [0.717, 1.165) is 12.1 Å². The standard InChI is InChI=1S/C12H17ClFN3O3S/c1-3-4-16-12(18)7(2)17-21(19,20)10-6-8(15)5-9(13)11(10)14/h5-7,17H,3-4,15H2,1-2H3,(H,16,18). The number of halogens is 2. The Morgan fingerprint density at radius 2 is 2.10 bits per heavy atom. The zero-order valence-electron chi connectivity index (χ0n) is 11.6. The molecule has 1 aromatic rings. The number of carbonyl (C=O) groups excluding carboxylic acids is 1. The normalized spacial score (nSPS) is 13.0. The van der Waals surface area contributed by atoms with Gasteiger partial charge in [0.2, 0.25) is 15.9 Å². The molecule has 0 spiro atoms. The van der Waals surface area contributed by atoms with E-state index in [9.17, 15) is 17.6 Å². The quantitative estimate of drug-likeness (QED) is 0.680. The summed E-state index contributed by atoms with van der Waals surface area (Å²) in [5.74, 6) is -1.62. The molecule has 1 unspecified atom stereocenters. The van der Waals surface area contributed by atoms with E-state index in [-0.39, 0.29) is 5.69 Å². The van der Waals surface area contributed by atoms with Gasteiger partial charge in [0, 0.05) is 12.2 Å². The van der Waals surface area contributed by atoms with Gasteiger partial charge in [0.15, 0.2) is 5.82 Å². The fourth-order valence-corrected chi connectivity index (χ4v) is 3.15. The van der Waals surface area contributed by atoms with Crippen LogP contribution in [0.5, 0.6) is 0 Å². The Kier molecular flexibility index (Phi) is 5.94. The lowest BCUT2D eigenvalue weighted by molar-refractivity contribution is -0.122. The van der Waals surface area contributed by atoms with Crippen molar-refractivity contribution in [2.45, 2.75) is 31.2 Å². The Hall–Kier alpha value is -1.38. The summed E-state index contributed by atoms with van der Waals surface area (Å²) < 4.78 is 40.1. The van der Waals surface area contributed by atoms with Gasteiger partial charge < -0.3 is 11.1 Å². The Morgan fingerprint density at radius 1 is 1.48 bits per heavy atom. The molecule has 0 fully saturated rings. The highest BCUT2D eigenvalue weighted by Crippen LogP contribution is 2.25. The molecule has 1 amide bonds. The third kappa shape index (κ3) is 4.55. The highest BCUT2D eigenvalue weighted by atomic mass is 35.5. The lowest BCUT2D eigenvalue weighted by Crippen LogP contribution is -2.45.